The summed E-state index contributed by atoms with van der Waals surface area (Å²) in [6, 6.07) is 9.91. The Morgan fingerprint density at radius 1 is 1.35 bits per heavy atom. The van der Waals surface area contributed by atoms with Gasteiger partial charge in [0.05, 0.1) is 17.3 Å². The van der Waals surface area contributed by atoms with Crippen molar-refractivity contribution in [3.63, 3.8) is 0 Å². The fraction of sp³-hybridized carbons (Fsp3) is 0.231. The van der Waals surface area contributed by atoms with Crippen LogP contribution in [0.5, 0.6) is 0 Å². The Bertz CT molecular complexity index is 498. The van der Waals surface area contributed by atoms with Crippen LogP contribution in [0.4, 0.5) is 0 Å². The van der Waals surface area contributed by atoms with Crippen LogP contribution in [0, 0.1) is 0 Å². The third-order valence-corrected chi connectivity index (χ3v) is 3.68. The molecule has 0 bridgehead atoms. The molecule has 0 aliphatic rings. The molecule has 1 heterocycles. The summed E-state index contributed by atoms with van der Waals surface area (Å²) in [6.45, 7) is 2.75. The van der Waals surface area contributed by atoms with Crippen LogP contribution in [0.3, 0.4) is 0 Å². The average Bonchev–Trinajstić information content (AvgIpc) is 2.72. The molecule has 17 heavy (non-hydrogen) atoms. The van der Waals surface area contributed by atoms with Crippen molar-refractivity contribution in [2.24, 2.45) is 0 Å². The van der Waals surface area contributed by atoms with Gasteiger partial charge in [-0.25, -0.2) is 0 Å². The van der Waals surface area contributed by atoms with Gasteiger partial charge in [0, 0.05) is 11.1 Å². The monoisotopic (exact) mass is 313 g/mol. The summed E-state index contributed by atoms with van der Waals surface area (Å²) in [6.07, 6.45) is 1.67. The topological polar surface area (TPSA) is 25.2 Å². The molecule has 0 saturated carbocycles. The molecule has 0 aliphatic carbocycles. The maximum atomic E-state index is 6.14. The minimum atomic E-state index is 0.181. The van der Waals surface area contributed by atoms with Crippen molar-refractivity contribution in [2.45, 2.75) is 19.5 Å². The van der Waals surface area contributed by atoms with E-state index < -0.39 is 0 Å². The highest BCUT2D eigenvalue weighted by atomic mass is 79.9. The Labute approximate surface area is 114 Å². The summed E-state index contributed by atoms with van der Waals surface area (Å²) < 4.78 is 6.32. The highest BCUT2D eigenvalue weighted by molar-refractivity contribution is 9.10. The molecule has 0 spiro atoms. The van der Waals surface area contributed by atoms with Crippen molar-refractivity contribution in [1.29, 1.82) is 0 Å². The van der Waals surface area contributed by atoms with Gasteiger partial charge in [-0.1, -0.05) is 29.8 Å². The van der Waals surface area contributed by atoms with Gasteiger partial charge in [-0.2, -0.15) is 0 Å². The highest BCUT2D eigenvalue weighted by Gasteiger charge is 2.10. The largest absolute Gasteiger partial charge is 0.467 e. The summed E-state index contributed by atoms with van der Waals surface area (Å²) in [4.78, 5) is 0. The third-order valence-electron chi connectivity index (χ3n) is 2.63. The van der Waals surface area contributed by atoms with Gasteiger partial charge in [-0.15, -0.1) is 0 Å². The summed E-state index contributed by atoms with van der Waals surface area (Å²) in [5, 5.41) is 4.16. The number of furan rings is 1. The maximum absolute atomic E-state index is 6.14. The Morgan fingerprint density at radius 3 is 2.76 bits per heavy atom. The Kier molecular flexibility index (Phi) is 4.26. The van der Waals surface area contributed by atoms with Crippen molar-refractivity contribution in [3.05, 3.63) is 57.4 Å². The molecule has 1 N–H and O–H groups in total. The molecule has 0 amide bonds. The zero-order chi connectivity index (χ0) is 12.3. The third kappa shape index (κ3) is 3.12. The number of hydrogen-bond donors (Lipinski definition) is 1. The van der Waals surface area contributed by atoms with Crippen LogP contribution >= 0.6 is 27.5 Å². The van der Waals surface area contributed by atoms with Crippen LogP contribution in [0.2, 0.25) is 5.02 Å². The average molecular weight is 315 g/mol. The normalized spacial score (nSPS) is 12.6. The zero-order valence-corrected chi connectivity index (χ0v) is 11.8. The first kappa shape index (κ1) is 12.7. The molecule has 2 nitrogen and oxygen atoms in total. The molecule has 1 aromatic heterocycles. The van der Waals surface area contributed by atoms with Crippen LogP contribution in [0.25, 0.3) is 0 Å². The van der Waals surface area contributed by atoms with Crippen LogP contribution in [-0.4, -0.2) is 0 Å². The van der Waals surface area contributed by atoms with E-state index in [0.29, 0.717) is 6.54 Å². The molecule has 2 aromatic rings. The molecule has 2 rings (SSSR count). The molecule has 0 saturated heterocycles. The maximum Gasteiger partial charge on any atom is 0.131 e. The van der Waals surface area contributed by atoms with E-state index in [1.54, 1.807) is 6.26 Å². The van der Waals surface area contributed by atoms with Crippen LogP contribution in [0.15, 0.2) is 45.5 Å². The molecule has 0 radical (unpaired) electrons. The Morgan fingerprint density at radius 2 is 2.12 bits per heavy atom. The fourth-order valence-corrected chi connectivity index (χ4v) is 2.27. The van der Waals surface area contributed by atoms with Crippen molar-refractivity contribution >= 4 is 27.5 Å². The lowest BCUT2D eigenvalue weighted by molar-refractivity contribution is 0.458. The van der Waals surface area contributed by atoms with E-state index in [1.165, 1.54) is 0 Å². The SMILES string of the molecule is C[C@@H](NCc1occc1Br)c1ccccc1Cl. The lowest BCUT2D eigenvalue weighted by atomic mass is 10.1. The van der Waals surface area contributed by atoms with Gasteiger partial charge in [-0.05, 0) is 40.5 Å². The lowest BCUT2D eigenvalue weighted by Crippen LogP contribution is -2.18. The first-order valence-electron chi connectivity index (χ1n) is 5.38. The first-order chi connectivity index (χ1) is 8.18. The van der Waals surface area contributed by atoms with Crippen molar-refractivity contribution in [3.8, 4) is 0 Å². The number of halogens is 2. The van der Waals surface area contributed by atoms with E-state index in [9.17, 15) is 0 Å². The van der Waals surface area contributed by atoms with Crippen molar-refractivity contribution < 1.29 is 4.42 Å². The summed E-state index contributed by atoms with van der Waals surface area (Å²) in [5.41, 5.74) is 1.09. The van der Waals surface area contributed by atoms with Crippen LogP contribution in [-0.2, 0) is 6.54 Å². The smallest absolute Gasteiger partial charge is 0.131 e. The predicted octanol–water partition coefficient (Wildman–Crippen LogP) is 4.55. The van der Waals surface area contributed by atoms with Crippen LogP contribution < -0.4 is 5.32 Å². The van der Waals surface area contributed by atoms with Gasteiger partial charge >= 0.3 is 0 Å². The van der Waals surface area contributed by atoms with Crippen LogP contribution in [0.1, 0.15) is 24.3 Å². The minimum absolute atomic E-state index is 0.181. The van der Waals surface area contributed by atoms with E-state index in [0.717, 1.165) is 20.8 Å². The van der Waals surface area contributed by atoms with E-state index in [4.69, 9.17) is 16.0 Å². The van der Waals surface area contributed by atoms with E-state index in [-0.39, 0.29) is 6.04 Å². The minimum Gasteiger partial charge on any atom is -0.467 e. The number of hydrogen-bond acceptors (Lipinski definition) is 2. The summed E-state index contributed by atoms with van der Waals surface area (Å²) in [5.74, 6) is 0.893. The van der Waals surface area contributed by atoms with E-state index >= 15 is 0 Å². The molecular weight excluding hydrogens is 302 g/mol. The second-order valence-electron chi connectivity index (χ2n) is 3.82. The number of benzene rings is 1. The summed E-state index contributed by atoms with van der Waals surface area (Å²) >= 11 is 9.57. The van der Waals surface area contributed by atoms with Gasteiger partial charge in [0.2, 0.25) is 0 Å². The standard InChI is InChI=1S/C13H13BrClNO/c1-9(10-4-2-3-5-12(10)15)16-8-13-11(14)6-7-17-13/h2-7,9,16H,8H2,1H3/t9-/m1/s1. The Hall–Kier alpha value is -0.770. The Balaban J connectivity index is 2.01. The van der Waals surface area contributed by atoms with E-state index in [2.05, 4.69) is 28.2 Å². The van der Waals surface area contributed by atoms with Gasteiger partial charge in [0.1, 0.15) is 5.76 Å². The molecule has 1 aromatic carbocycles. The molecular formula is C13H13BrClNO. The van der Waals surface area contributed by atoms with Gasteiger partial charge in [0.25, 0.3) is 0 Å². The molecule has 4 heteroatoms. The lowest BCUT2D eigenvalue weighted by Gasteiger charge is -2.14. The highest BCUT2D eigenvalue weighted by Crippen LogP contribution is 2.23. The second-order valence-corrected chi connectivity index (χ2v) is 5.08. The molecule has 0 unspecified atom stereocenters. The zero-order valence-electron chi connectivity index (χ0n) is 9.41. The van der Waals surface area contributed by atoms with Crippen molar-refractivity contribution in [1.82, 2.24) is 5.32 Å². The van der Waals surface area contributed by atoms with E-state index in [1.807, 2.05) is 30.3 Å². The predicted molar refractivity (Wildman–Crippen MR) is 73.1 cm³/mol. The molecule has 90 valence electrons. The van der Waals surface area contributed by atoms with Crippen molar-refractivity contribution in [2.75, 3.05) is 0 Å². The molecule has 0 fully saturated rings. The number of rotatable bonds is 4. The number of nitrogens with one attached hydrogen (secondary N) is 1. The molecule has 1 atom stereocenters. The van der Waals surface area contributed by atoms with Gasteiger partial charge in [-0.3, -0.25) is 0 Å². The fourth-order valence-electron chi connectivity index (χ4n) is 1.63. The molecule has 0 aliphatic heterocycles. The van der Waals surface area contributed by atoms with Gasteiger partial charge < -0.3 is 9.73 Å². The second kappa shape index (κ2) is 5.71. The quantitative estimate of drug-likeness (QED) is 0.896. The first-order valence-corrected chi connectivity index (χ1v) is 6.55. The summed E-state index contributed by atoms with van der Waals surface area (Å²) in [7, 11) is 0. The van der Waals surface area contributed by atoms with Gasteiger partial charge in [0.15, 0.2) is 0 Å².